The van der Waals surface area contributed by atoms with E-state index in [9.17, 15) is 9.59 Å². The highest BCUT2D eigenvalue weighted by atomic mass is 16.5. The van der Waals surface area contributed by atoms with Crippen LogP contribution in [0.4, 0.5) is 0 Å². The van der Waals surface area contributed by atoms with E-state index in [1.165, 1.54) is 0 Å². The van der Waals surface area contributed by atoms with Crippen molar-refractivity contribution in [1.29, 1.82) is 0 Å². The average Bonchev–Trinajstić information content (AvgIpc) is 2.72. The molecule has 7 nitrogen and oxygen atoms in total. The fourth-order valence-electron chi connectivity index (χ4n) is 3.17. The van der Waals surface area contributed by atoms with Crippen molar-refractivity contribution in [2.24, 2.45) is 5.73 Å². The molecule has 0 spiro atoms. The fourth-order valence-corrected chi connectivity index (χ4v) is 3.17. The summed E-state index contributed by atoms with van der Waals surface area (Å²) in [4.78, 5) is 25.7. The normalized spacial score (nSPS) is 16.6. The van der Waals surface area contributed by atoms with Gasteiger partial charge in [0.15, 0.2) is 6.61 Å². The van der Waals surface area contributed by atoms with Gasteiger partial charge in [-0.05, 0) is 30.3 Å². The van der Waals surface area contributed by atoms with Crippen molar-refractivity contribution in [3.63, 3.8) is 0 Å². The lowest BCUT2D eigenvalue weighted by molar-refractivity contribution is -0.136. The van der Waals surface area contributed by atoms with E-state index in [4.69, 9.17) is 15.2 Å². The maximum absolute atomic E-state index is 12.8. The molecule has 27 heavy (non-hydrogen) atoms. The zero-order valence-electron chi connectivity index (χ0n) is 15.2. The maximum Gasteiger partial charge on any atom is 0.261 e. The van der Waals surface area contributed by atoms with Gasteiger partial charge in [0.05, 0.1) is 13.2 Å². The van der Waals surface area contributed by atoms with Crippen LogP contribution in [0.25, 0.3) is 0 Å². The molecule has 1 aliphatic rings. The number of hydrogen-bond acceptors (Lipinski definition) is 5. The molecule has 0 aliphatic carbocycles. The third-order valence-corrected chi connectivity index (χ3v) is 4.56. The summed E-state index contributed by atoms with van der Waals surface area (Å²) in [5.74, 6) is 0.661. The van der Waals surface area contributed by atoms with Crippen LogP contribution in [0.5, 0.6) is 11.5 Å². The Morgan fingerprint density at radius 1 is 1.19 bits per heavy atom. The van der Waals surface area contributed by atoms with E-state index in [1.807, 2.05) is 29.2 Å². The molecule has 2 aromatic rings. The first-order valence-corrected chi connectivity index (χ1v) is 8.76. The monoisotopic (exact) mass is 369 g/mol. The van der Waals surface area contributed by atoms with Crippen molar-refractivity contribution in [3.8, 4) is 11.5 Å². The maximum atomic E-state index is 12.8. The smallest absolute Gasteiger partial charge is 0.261 e. The predicted octanol–water partition coefficient (Wildman–Crippen LogP) is 1.35. The third-order valence-electron chi connectivity index (χ3n) is 4.56. The van der Waals surface area contributed by atoms with Gasteiger partial charge >= 0.3 is 0 Å². The summed E-state index contributed by atoms with van der Waals surface area (Å²) >= 11 is 0. The third kappa shape index (κ3) is 4.38. The highest BCUT2D eigenvalue weighted by molar-refractivity contribution is 5.92. The van der Waals surface area contributed by atoms with Crippen LogP contribution in [0.15, 0.2) is 48.5 Å². The number of methoxy groups -OCH3 is 1. The van der Waals surface area contributed by atoms with Crippen molar-refractivity contribution < 1.29 is 19.1 Å². The second-order valence-corrected chi connectivity index (χ2v) is 6.23. The quantitative estimate of drug-likeness (QED) is 0.802. The Morgan fingerprint density at radius 2 is 1.93 bits per heavy atom. The van der Waals surface area contributed by atoms with Gasteiger partial charge in [0, 0.05) is 30.8 Å². The molecule has 1 aliphatic heterocycles. The van der Waals surface area contributed by atoms with Gasteiger partial charge in [-0.15, -0.1) is 0 Å². The van der Waals surface area contributed by atoms with Crippen LogP contribution in [-0.2, 0) is 4.79 Å². The highest BCUT2D eigenvalue weighted by Gasteiger charge is 2.29. The number of nitrogens with zero attached hydrogens (tertiary/aromatic N) is 1. The molecule has 2 amide bonds. The van der Waals surface area contributed by atoms with Crippen molar-refractivity contribution >= 4 is 11.8 Å². The topological polar surface area (TPSA) is 93.9 Å². The number of ether oxygens (including phenoxy) is 2. The molecule has 1 unspecified atom stereocenters. The Kier molecular flexibility index (Phi) is 5.93. The highest BCUT2D eigenvalue weighted by Crippen LogP contribution is 2.30. The zero-order valence-corrected chi connectivity index (χ0v) is 15.2. The molecule has 3 N–H and O–H groups in total. The molecule has 1 heterocycles. The Hall–Kier alpha value is -3.06. The second kappa shape index (κ2) is 8.55. The van der Waals surface area contributed by atoms with Crippen LogP contribution in [0.2, 0.25) is 0 Å². The van der Waals surface area contributed by atoms with Crippen LogP contribution in [0, 0.1) is 0 Å². The Labute approximate surface area is 158 Å². The summed E-state index contributed by atoms with van der Waals surface area (Å²) in [6, 6.07) is 14.0. The van der Waals surface area contributed by atoms with Gasteiger partial charge in [-0.25, -0.2) is 0 Å². The van der Waals surface area contributed by atoms with Crippen LogP contribution in [0.3, 0.4) is 0 Å². The molecular formula is C20H23N3O4. The first-order chi connectivity index (χ1) is 13.1. The number of para-hydroxylation sites is 1. The number of rotatable bonds is 6. The minimum atomic E-state index is -0.502. The van der Waals surface area contributed by atoms with E-state index < -0.39 is 5.91 Å². The number of benzene rings is 2. The number of piperazine rings is 1. The van der Waals surface area contributed by atoms with Crippen LogP contribution in [-0.4, -0.2) is 50.1 Å². The summed E-state index contributed by atoms with van der Waals surface area (Å²) in [7, 11) is 1.63. The predicted molar refractivity (Wildman–Crippen MR) is 101 cm³/mol. The Morgan fingerprint density at radius 3 is 2.63 bits per heavy atom. The fraction of sp³-hybridized carbons (Fsp3) is 0.300. The first-order valence-electron chi connectivity index (χ1n) is 8.76. The van der Waals surface area contributed by atoms with Gasteiger partial charge in [0.25, 0.3) is 5.91 Å². The van der Waals surface area contributed by atoms with Crippen LogP contribution in [0.1, 0.15) is 22.0 Å². The van der Waals surface area contributed by atoms with E-state index >= 15 is 0 Å². The standard InChI is InChI=1S/C20H23N3O4/c1-26-18-5-3-2-4-16(18)17-12-22-10-11-23(17)19(24)13-27-15-8-6-14(7-9-15)20(21)25/h2-9,17,22H,10-13H2,1H3,(H2,21,25). The van der Waals surface area contributed by atoms with Crippen molar-refractivity contribution in [3.05, 3.63) is 59.7 Å². The molecule has 0 aromatic heterocycles. The minimum absolute atomic E-state index is 0.0818. The molecule has 0 bridgehead atoms. The lowest BCUT2D eigenvalue weighted by Crippen LogP contribution is -2.50. The number of carbonyl (C=O) groups is 2. The molecule has 142 valence electrons. The van der Waals surface area contributed by atoms with Crippen molar-refractivity contribution in [2.75, 3.05) is 33.4 Å². The summed E-state index contributed by atoms with van der Waals surface area (Å²) in [6.45, 7) is 1.89. The number of carbonyl (C=O) groups excluding carboxylic acids is 2. The molecule has 1 saturated heterocycles. The van der Waals surface area contributed by atoms with Gasteiger partial charge in [0.1, 0.15) is 11.5 Å². The van der Waals surface area contributed by atoms with Crippen molar-refractivity contribution in [2.45, 2.75) is 6.04 Å². The Balaban J connectivity index is 1.69. The number of nitrogens with one attached hydrogen (secondary N) is 1. The van der Waals surface area contributed by atoms with Gasteiger partial charge in [-0.1, -0.05) is 18.2 Å². The lowest BCUT2D eigenvalue weighted by Gasteiger charge is -2.37. The summed E-state index contributed by atoms with van der Waals surface area (Å²) in [6.07, 6.45) is 0. The van der Waals surface area contributed by atoms with Gasteiger partial charge in [0.2, 0.25) is 5.91 Å². The molecular weight excluding hydrogens is 346 g/mol. The van der Waals surface area contributed by atoms with E-state index in [2.05, 4.69) is 5.32 Å². The molecule has 2 aromatic carbocycles. The van der Waals surface area contributed by atoms with Gasteiger partial charge in [-0.2, -0.15) is 0 Å². The summed E-state index contributed by atoms with van der Waals surface area (Å²) in [5, 5.41) is 3.33. The van der Waals surface area contributed by atoms with E-state index in [0.29, 0.717) is 24.4 Å². The lowest BCUT2D eigenvalue weighted by atomic mass is 10.0. The minimum Gasteiger partial charge on any atom is -0.496 e. The van der Waals surface area contributed by atoms with Gasteiger partial charge in [-0.3, -0.25) is 9.59 Å². The zero-order chi connectivity index (χ0) is 19.2. The summed E-state index contributed by atoms with van der Waals surface area (Å²) in [5.41, 5.74) is 6.58. The number of amides is 2. The molecule has 1 fully saturated rings. The number of hydrogen-bond donors (Lipinski definition) is 2. The number of nitrogens with two attached hydrogens (primary N) is 1. The molecule has 7 heteroatoms. The molecule has 3 rings (SSSR count). The van der Waals surface area contributed by atoms with Crippen LogP contribution < -0.4 is 20.5 Å². The number of primary amides is 1. The largest absolute Gasteiger partial charge is 0.496 e. The summed E-state index contributed by atoms with van der Waals surface area (Å²) < 4.78 is 11.1. The first kappa shape index (κ1) is 18.7. The van der Waals surface area contributed by atoms with E-state index in [-0.39, 0.29) is 18.6 Å². The molecule has 1 atom stereocenters. The van der Waals surface area contributed by atoms with Crippen LogP contribution >= 0.6 is 0 Å². The van der Waals surface area contributed by atoms with Gasteiger partial charge < -0.3 is 25.4 Å². The molecule has 0 saturated carbocycles. The average molecular weight is 369 g/mol. The van der Waals surface area contributed by atoms with E-state index in [1.54, 1.807) is 31.4 Å². The van der Waals surface area contributed by atoms with E-state index in [0.717, 1.165) is 17.9 Å². The van der Waals surface area contributed by atoms with Crippen molar-refractivity contribution in [1.82, 2.24) is 10.2 Å². The second-order valence-electron chi connectivity index (χ2n) is 6.23. The molecule has 0 radical (unpaired) electrons. The Bertz CT molecular complexity index is 807. The SMILES string of the molecule is COc1ccccc1C1CNCCN1C(=O)COc1ccc(C(N)=O)cc1.